The molecular formula is C29H36N4O6. The SMILES string of the molecule is COc1cc2c(=O)n(Cc3ccc(C(=O)NC(C)C)cc3)c(=O)n(CC(=O)N3CCCC[C@@H]3C)c2cc1OC. The zero-order chi connectivity index (χ0) is 28.3. The van der Waals surface area contributed by atoms with E-state index in [4.69, 9.17) is 9.47 Å². The lowest BCUT2D eigenvalue weighted by Gasteiger charge is -2.33. The van der Waals surface area contributed by atoms with Gasteiger partial charge in [0.25, 0.3) is 11.5 Å². The maximum Gasteiger partial charge on any atom is 0.332 e. The highest BCUT2D eigenvalue weighted by Gasteiger charge is 2.25. The Morgan fingerprint density at radius 1 is 1.00 bits per heavy atom. The van der Waals surface area contributed by atoms with Gasteiger partial charge in [-0.2, -0.15) is 0 Å². The number of benzene rings is 2. The quantitative estimate of drug-likeness (QED) is 0.474. The van der Waals surface area contributed by atoms with E-state index in [2.05, 4.69) is 5.32 Å². The third-order valence-corrected chi connectivity index (χ3v) is 7.12. The van der Waals surface area contributed by atoms with Gasteiger partial charge in [-0.1, -0.05) is 12.1 Å². The summed E-state index contributed by atoms with van der Waals surface area (Å²) in [5, 5.41) is 3.07. The van der Waals surface area contributed by atoms with E-state index in [9.17, 15) is 19.2 Å². The monoisotopic (exact) mass is 536 g/mol. The van der Waals surface area contributed by atoms with Crippen LogP contribution >= 0.6 is 0 Å². The Labute approximate surface area is 227 Å². The fourth-order valence-corrected chi connectivity index (χ4v) is 5.02. The molecule has 1 aromatic heterocycles. The third kappa shape index (κ3) is 5.84. The second-order valence-electron chi connectivity index (χ2n) is 10.2. The second-order valence-corrected chi connectivity index (χ2v) is 10.2. The molecule has 4 rings (SSSR count). The summed E-state index contributed by atoms with van der Waals surface area (Å²) in [4.78, 5) is 54.9. The molecule has 0 aliphatic carbocycles. The van der Waals surface area contributed by atoms with Crippen molar-refractivity contribution in [3.8, 4) is 11.5 Å². The van der Waals surface area contributed by atoms with Crippen LogP contribution in [0.25, 0.3) is 10.9 Å². The minimum absolute atomic E-state index is 0.00179. The summed E-state index contributed by atoms with van der Waals surface area (Å²) in [6.07, 6.45) is 2.89. The number of carbonyl (C=O) groups excluding carboxylic acids is 2. The Bertz CT molecular complexity index is 1490. The molecule has 3 aromatic rings. The molecule has 0 bridgehead atoms. The highest BCUT2D eigenvalue weighted by atomic mass is 16.5. The Morgan fingerprint density at radius 3 is 2.28 bits per heavy atom. The van der Waals surface area contributed by atoms with Gasteiger partial charge in [-0.25, -0.2) is 4.79 Å². The van der Waals surface area contributed by atoms with E-state index in [1.54, 1.807) is 35.2 Å². The van der Waals surface area contributed by atoms with Crippen LogP contribution in [0.15, 0.2) is 46.0 Å². The van der Waals surface area contributed by atoms with Crippen LogP contribution in [-0.2, 0) is 17.9 Å². The summed E-state index contributed by atoms with van der Waals surface area (Å²) in [6.45, 7) is 6.18. The lowest BCUT2D eigenvalue weighted by Crippen LogP contribution is -2.47. The molecule has 2 aromatic carbocycles. The third-order valence-electron chi connectivity index (χ3n) is 7.12. The zero-order valence-electron chi connectivity index (χ0n) is 23.2. The number of hydrogen-bond donors (Lipinski definition) is 1. The van der Waals surface area contributed by atoms with Crippen molar-refractivity contribution < 1.29 is 19.1 Å². The molecule has 2 amide bonds. The first-order chi connectivity index (χ1) is 18.6. The van der Waals surface area contributed by atoms with Crippen LogP contribution in [0.1, 0.15) is 56.0 Å². The average Bonchev–Trinajstić information content (AvgIpc) is 2.92. The zero-order valence-corrected chi connectivity index (χ0v) is 23.2. The molecule has 208 valence electrons. The van der Waals surface area contributed by atoms with Crippen LogP contribution in [0.4, 0.5) is 0 Å². The van der Waals surface area contributed by atoms with Crippen LogP contribution in [0.3, 0.4) is 0 Å². The number of fused-ring (bicyclic) bond motifs is 1. The summed E-state index contributed by atoms with van der Waals surface area (Å²) in [5.41, 5.74) is 0.344. The molecule has 0 unspecified atom stereocenters. The van der Waals surface area contributed by atoms with E-state index in [1.807, 2.05) is 20.8 Å². The molecule has 1 saturated heterocycles. The van der Waals surface area contributed by atoms with Gasteiger partial charge in [-0.3, -0.25) is 23.5 Å². The lowest BCUT2D eigenvalue weighted by atomic mass is 10.0. The summed E-state index contributed by atoms with van der Waals surface area (Å²) >= 11 is 0. The smallest absolute Gasteiger partial charge is 0.332 e. The van der Waals surface area contributed by atoms with Gasteiger partial charge in [0.2, 0.25) is 5.91 Å². The fraction of sp³-hybridized carbons (Fsp3) is 0.448. The van der Waals surface area contributed by atoms with E-state index >= 15 is 0 Å². The maximum atomic E-state index is 13.8. The molecular weight excluding hydrogens is 500 g/mol. The molecule has 1 N–H and O–H groups in total. The number of nitrogens with one attached hydrogen (secondary N) is 1. The maximum absolute atomic E-state index is 13.8. The first kappa shape index (κ1) is 27.9. The Morgan fingerprint density at radius 2 is 1.67 bits per heavy atom. The minimum Gasteiger partial charge on any atom is -0.493 e. The van der Waals surface area contributed by atoms with Crippen molar-refractivity contribution in [1.29, 1.82) is 0 Å². The van der Waals surface area contributed by atoms with E-state index in [1.165, 1.54) is 24.9 Å². The Balaban J connectivity index is 1.79. The number of aromatic nitrogens is 2. The van der Waals surface area contributed by atoms with Crippen molar-refractivity contribution >= 4 is 22.7 Å². The number of likely N-dealkylation sites (tertiary alicyclic amines) is 1. The highest BCUT2D eigenvalue weighted by Crippen LogP contribution is 2.30. The minimum atomic E-state index is -0.598. The van der Waals surface area contributed by atoms with Gasteiger partial charge < -0.3 is 19.7 Å². The van der Waals surface area contributed by atoms with Crippen molar-refractivity contribution in [3.05, 3.63) is 68.4 Å². The van der Waals surface area contributed by atoms with Crippen molar-refractivity contribution in [2.24, 2.45) is 0 Å². The van der Waals surface area contributed by atoms with Crippen molar-refractivity contribution in [3.63, 3.8) is 0 Å². The number of hydrogen-bond acceptors (Lipinski definition) is 6. The van der Waals surface area contributed by atoms with Crippen molar-refractivity contribution in [2.75, 3.05) is 20.8 Å². The lowest BCUT2D eigenvalue weighted by molar-refractivity contribution is -0.135. The molecule has 0 saturated carbocycles. The Hall–Kier alpha value is -4.08. The molecule has 10 nitrogen and oxygen atoms in total. The van der Waals surface area contributed by atoms with Gasteiger partial charge in [-0.15, -0.1) is 0 Å². The number of methoxy groups -OCH3 is 2. The summed E-state index contributed by atoms with van der Waals surface area (Å²) in [6, 6.07) is 9.93. The van der Waals surface area contributed by atoms with Crippen LogP contribution in [0.5, 0.6) is 11.5 Å². The van der Waals surface area contributed by atoms with Gasteiger partial charge in [0.1, 0.15) is 6.54 Å². The van der Waals surface area contributed by atoms with Crippen LogP contribution in [0.2, 0.25) is 0 Å². The van der Waals surface area contributed by atoms with Crippen LogP contribution in [0, 0.1) is 0 Å². The largest absolute Gasteiger partial charge is 0.493 e. The normalized spacial score (nSPS) is 15.4. The average molecular weight is 537 g/mol. The second kappa shape index (κ2) is 11.8. The fourth-order valence-electron chi connectivity index (χ4n) is 5.02. The van der Waals surface area contributed by atoms with Crippen LogP contribution in [-0.4, -0.2) is 58.7 Å². The molecule has 10 heteroatoms. The van der Waals surface area contributed by atoms with Gasteiger partial charge in [0.15, 0.2) is 11.5 Å². The van der Waals surface area contributed by atoms with Crippen molar-refractivity contribution in [1.82, 2.24) is 19.4 Å². The first-order valence-electron chi connectivity index (χ1n) is 13.2. The number of ether oxygens (including phenoxy) is 2. The standard InChI is InChI=1S/C29H36N4O6/c1-18(2)30-27(35)21-11-9-20(10-12-21)16-33-28(36)22-14-24(38-4)25(39-5)15-23(22)32(29(33)37)17-26(34)31-13-7-6-8-19(31)3/h9-12,14-15,18-19H,6-8,13,16-17H2,1-5H3,(H,30,35)/t19-/m0/s1. The molecule has 0 spiro atoms. The Kier molecular flexibility index (Phi) is 8.42. The topological polar surface area (TPSA) is 112 Å². The highest BCUT2D eigenvalue weighted by molar-refractivity contribution is 5.94. The van der Waals surface area contributed by atoms with E-state index in [0.717, 1.165) is 23.8 Å². The summed E-state index contributed by atoms with van der Waals surface area (Å²) in [7, 11) is 2.94. The van der Waals surface area contributed by atoms with Gasteiger partial charge in [0, 0.05) is 30.3 Å². The number of carbonyl (C=O) groups is 2. The van der Waals surface area contributed by atoms with Gasteiger partial charge in [0.05, 0.1) is 31.7 Å². The van der Waals surface area contributed by atoms with E-state index in [0.29, 0.717) is 34.7 Å². The molecule has 1 atom stereocenters. The molecule has 1 fully saturated rings. The number of rotatable bonds is 8. The molecule has 1 aliphatic rings. The predicted octanol–water partition coefficient (Wildman–Crippen LogP) is 2.77. The predicted molar refractivity (Wildman–Crippen MR) is 149 cm³/mol. The molecule has 0 radical (unpaired) electrons. The number of nitrogens with zero attached hydrogens (tertiary/aromatic N) is 3. The van der Waals surface area contributed by atoms with Gasteiger partial charge in [-0.05, 0) is 63.8 Å². The summed E-state index contributed by atoms with van der Waals surface area (Å²) in [5.74, 6) is 0.319. The number of piperidine rings is 1. The molecule has 39 heavy (non-hydrogen) atoms. The van der Waals surface area contributed by atoms with Crippen molar-refractivity contribution in [2.45, 2.75) is 65.2 Å². The number of amides is 2. The molecule has 2 heterocycles. The van der Waals surface area contributed by atoms with E-state index in [-0.39, 0.29) is 42.4 Å². The molecule has 1 aliphatic heterocycles. The summed E-state index contributed by atoms with van der Waals surface area (Å²) < 4.78 is 13.3. The van der Waals surface area contributed by atoms with Gasteiger partial charge >= 0.3 is 5.69 Å². The first-order valence-corrected chi connectivity index (χ1v) is 13.2. The van der Waals surface area contributed by atoms with E-state index < -0.39 is 11.2 Å². The van der Waals surface area contributed by atoms with Crippen LogP contribution < -0.4 is 26.0 Å².